The topological polar surface area (TPSA) is 56.0 Å². The van der Waals surface area contributed by atoms with Crippen molar-refractivity contribution in [3.63, 3.8) is 0 Å². The maximum atomic E-state index is 12.9. The fourth-order valence-corrected chi connectivity index (χ4v) is 3.78. The molecule has 4 rings (SSSR count). The van der Waals surface area contributed by atoms with Gasteiger partial charge in [0.1, 0.15) is 0 Å². The molecule has 2 fully saturated rings. The Morgan fingerprint density at radius 2 is 2.17 bits per heavy atom. The summed E-state index contributed by atoms with van der Waals surface area (Å²) >= 11 is 0. The van der Waals surface area contributed by atoms with Crippen LogP contribution in [-0.4, -0.2) is 43.0 Å². The molecule has 2 aliphatic rings. The van der Waals surface area contributed by atoms with Crippen molar-refractivity contribution >= 4 is 5.91 Å². The van der Waals surface area contributed by atoms with Crippen LogP contribution in [0.1, 0.15) is 36.3 Å². The van der Waals surface area contributed by atoms with E-state index in [-0.39, 0.29) is 12.0 Å². The molecule has 2 aromatic rings. The van der Waals surface area contributed by atoms with Gasteiger partial charge in [-0.1, -0.05) is 0 Å². The van der Waals surface area contributed by atoms with Crippen LogP contribution in [0.25, 0.3) is 0 Å². The van der Waals surface area contributed by atoms with Crippen LogP contribution in [0.15, 0.2) is 24.8 Å². The van der Waals surface area contributed by atoms with Crippen LogP contribution < -0.4 is 0 Å². The summed E-state index contributed by atoms with van der Waals surface area (Å²) in [6, 6.07) is 0.289. The molecule has 3 atom stereocenters. The van der Waals surface area contributed by atoms with E-state index in [1.165, 1.54) is 11.1 Å². The molecule has 1 saturated heterocycles. The summed E-state index contributed by atoms with van der Waals surface area (Å²) in [4.78, 5) is 15.0. The van der Waals surface area contributed by atoms with E-state index in [2.05, 4.69) is 21.3 Å². The second kappa shape index (κ2) is 5.51. The fraction of sp³-hybridized carbons (Fsp3) is 0.588. The smallest absolute Gasteiger partial charge is 0.226 e. The highest BCUT2D eigenvalue weighted by Crippen LogP contribution is 2.49. The molecule has 122 valence electrons. The first kappa shape index (κ1) is 14.5. The van der Waals surface area contributed by atoms with Crippen LogP contribution in [0, 0.1) is 12.8 Å². The average Bonchev–Trinajstić information content (AvgIpc) is 2.86. The van der Waals surface area contributed by atoms with Gasteiger partial charge in [-0.15, -0.1) is 0 Å². The molecular weight excluding hydrogens is 290 g/mol. The third-order valence-electron chi connectivity index (χ3n) is 5.08. The van der Waals surface area contributed by atoms with Gasteiger partial charge in [-0.25, -0.2) is 0 Å². The van der Waals surface area contributed by atoms with Gasteiger partial charge >= 0.3 is 0 Å². The minimum Gasteiger partial charge on any atom is -0.338 e. The lowest BCUT2D eigenvalue weighted by molar-refractivity contribution is -0.133. The quantitative estimate of drug-likeness (QED) is 0.863. The highest BCUT2D eigenvalue weighted by atomic mass is 16.2. The van der Waals surface area contributed by atoms with Crippen LogP contribution in [0.4, 0.5) is 0 Å². The second-order valence-electron chi connectivity index (χ2n) is 6.96. The maximum Gasteiger partial charge on any atom is 0.226 e. The number of aryl methyl sites for hydroxylation is 2. The molecule has 2 aromatic heterocycles. The third kappa shape index (κ3) is 2.78. The Labute approximate surface area is 136 Å². The van der Waals surface area contributed by atoms with Gasteiger partial charge in [0.05, 0.1) is 25.0 Å². The van der Waals surface area contributed by atoms with Gasteiger partial charge in [0.25, 0.3) is 0 Å². The summed E-state index contributed by atoms with van der Waals surface area (Å²) < 4.78 is 3.78. The lowest BCUT2D eigenvalue weighted by atomic mass is 10.1. The Hall–Kier alpha value is -2.11. The number of likely N-dealkylation sites (tertiary alicyclic amines) is 1. The lowest BCUT2D eigenvalue weighted by Gasteiger charge is -2.25. The SMILES string of the molecule is Cc1cnn(CC2CCCN2C(=O)C2CC2c2cnn(C)c2)c1. The zero-order valence-electron chi connectivity index (χ0n) is 13.7. The van der Waals surface area contributed by atoms with Crippen molar-refractivity contribution in [2.45, 2.75) is 44.7 Å². The van der Waals surface area contributed by atoms with Gasteiger partial charge in [-0.2, -0.15) is 10.2 Å². The predicted molar refractivity (Wildman–Crippen MR) is 85.8 cm³/mol. The molecule has 1 saturated carbocycles. The third-order valence-corrected chi connectivity index (χ3v) is 5.08. The van der Waals surface area contributed by atoms with E-state index >= 15 is 0 Å². The van der Waals surface area contributed by atoms with E-state index in [9.17, 15) is 4.79 Å². The van der Waals surface area contributed by atoms with E-state index in [4.69, 9.17) is 0 Å². The van der Waals surface area contributed by atoms with Gasteiger partial charge in [-0.05, 0) is 43.2 Å². The molecular formula is C17H23N5O. The number of carbonyl (C=O) groups is 1. The standard InChI is InChI=1S/C17H23N5O/c1-12-7-19-21(9-12)11-14-4-3-5-22(14)17(23)16-6-15(16)13-8-18-20(2)10-13/h7-10,14-16H,3-6,11H2,1-2H3. The van der Waals surface area contributed by atoms with Crippen molar-refractivity contribution in [2.24, 2.45) is 13.0 Å². The monoisotopic (exact) mass is 313 g/mol. The Balaban J connectivity index is 1.41. The molecule has 0 N–H and O–H groups in total. The molecule has 3 heterocycles. The van der Waals surface area contributed by atoms with Gasteiger partial charge in [0.15, 0.2) is 0 Å². The molecule has 1 aliphatic carbocycles. The summed E-state index contributed by atoms with van der Waals surface area (Å²) in [6.45, 7) is 3.74. The van der Waals surface area contributed by atoms with Gasteiger partial charge in [-0.3, -0.25) is 14.2 Å². The first-order valence-electron chi connectivity index (χ1n) is 8.40. The number of nitrogens with zero attached hydrogens (tertiary/aromatic N) is 5. The Kier molecular flexibility index (Phi) is 3.47. The summed E-state index contributed by atoms with van der Waals surface area (Å²) in [5, 5.41) is 8.59. The number of rotatable bonds is 4. The van der Waals surface area contributed by atoms with Crippen LogP contribution in [-0.2, 0) is 18.4 Å². The minimum atomic E-state index is 0.152. The van der Waals surface area contributed by atoms with Crippen molar-refractivity contribution < 1.29 is 4.79 Å². The number of hydrogen-bond acceptors (Lipinski definition) is 3. The summed E-state index contributed by atoms with van der Waals surface area (Å²) in [5.41, 5.74) is 2.36. The number of hydrogen-bond donors (Lipinski definition) is 0. The van der Waals surface area contributed by atoms with Crippen LogP contribution in [0.3, 0.4) is 0 Å². The molecule has 0 bridgehead atoms. The zero-order valence-corrected chi connectivity index (χ0v) is 13.7. The number of amides is 1. The maximum absolute atomic E-state index is 12.9. The van der Waals surface area contributed by atoms with Crippen molar-refractivity contribution in [1.29, 1.82) is 0 Å². The lowest BCUT2D eigenvalue weighted by Crippen LogP contribution is -2.39. The molecule has 3 unspecified atom stereocenters. The van der Waals surface area contributed by atoms with E-state index in [1.807, 2.05) is 41.9 Å². The molecule has 0 radical (unpaired) electrons. The summed E-state index contributed by atoms with van der Waals surface area (Å²) in [5.74, 6) is 0.841. The molecule has 6 nitrogen and oxygen atoms in total. The van der Waals surface area contributed by atoms with Crippen LogP contribution >= 0.6 is 0 Å². The molecule has 0 aromatic carbocycles. The average molecular weight is 313 g/mol. The number of carbonyl (C=O) groups excluding carboxylic acids is 1. The fourth-order valence-electron chi connectivity index (χ4n) is 3.78. The Morgan fingerprint density at radius 3 is 2.87 bits per heavy atom. The van der Waals surface area contributed by atoms with E-state index < -0.39 is 0 Å². The van der Waals surface area contributed by atoms with Crippen LogP contribution in [0.2, 0.25) is 0 Å². The van der Waals surface area contributed by atoms with Gasteiger partial charge in [0.2, 0.25) is 5.91 Å². The van der Waals surface area contributed by atoms with E-state index in [1.54, 1.807) is 0 Å². The number of aromatic nitrogens is 4. The molecule has 1 aliphatic heterocycles. The predicted octanol–water partition coefficient (Wildman–Crippen LogP) is 1.72. The van der Waals surface area contributed by atoms with E-state index in [0.29, 0.717) is 11.8 Å². The van der Waals surface area contributed by atoms with Gasteiger partial charge in [0, 0.05) is 31.9 Å². The molecule has 6 heteroatoms. The Bertz CT molecular complexity index is 718. The Morgan fingerprint density at radius 1 is 1.30 bits per heavy atom. The minimum absolute atomic E-state index is 0.152. The second-order valence-corrected chi connectivity index (χ2v) is 6.96. The van der Waals surface area contributed by atoms with E-state index in [0.717, 1.165) is 32.4 Å². The van der Waals surface area contributed by atoms with Gasteiger partial charge < -0.3 is 4.90 Å². The summed E-state index contributed by atoms with van der Waals surface area (Å²) in [6.07, 6.45) is 11.0. The highest BCUT2D eigenvalue weighted by molar-refractivity contribution is 5.83. The summed E-state index contributed by atoms with van der Waals surface area (Å²) in [7, 11) is 1.92. The molecule has 0 spiro atoms. The van der Waals surface area contributed by atoms with Crippen molar-refractivity contribution in [3.8, 4) is 0 Å². The van der Waals surface area contributed by atoms with Crippen molar-refractivity contribution in [3.05, 3.63) is 35.9 Å². The van der Waals surface area contributed by atoms with Crippen molar-refractivity contribution in [2.75, 3.05) is 6.54 Å². The normalized spacial score (nSPS) is 26.7. The van der Waals surface area contributed by atoms with Crippen LogP contribution in [0.5, 0.6) is 0 Å². The largest absolute Gasteiger partial charge is 0.338 e. The highest BCUT2D eigenvalue weighted by Gasteiger charge is 2.48. The first-order valence-corrected chi connectivity index (χ1v) is 8.40. The molecule has 23 heavy (non-hydrogen) atoms. The zero-order chi connectivity index (χ0) is 16.0. The molecule has 1 amide bonds. The van der Waals surface area contributed by atoms with Crippen molar-refractivity contribution in [1.82, 2.24) is 24.5 Å². The first-order chi connectivity index (χ1) is 11.1.